The third kappa shape index (κ3) is 3.48. The van der Waals surface area contributed by atoms with Gasteiger partial charge in [0.2, 0.25) is 5.78 Å². The Balaban J connectivity index is 1.69. The predicted octanol–water partition coefficient (Wildman–Crippen LogP) is 4.90. The topological polar surface area (TPSA) is 42.7 Å². The molecular formula is C23H29NO3. The number of ketones is 1. The number of furan rings is 1. The average molecular weight is 367 g/mol. The van der Waals surface area contributed by atoms with Gasteiger partial charge in [-0.1, -0.05) is 43.7 Å². The first-order valence-corrected chi connectivity index (χ1v) is 10.0. The van der Waals surface area contributed by atoms with Gasteiger partial charge in [-0.25, -0.2) is 0 Å². The van der Waals surface area contributed by atoms with Gasteiger partial charge < -0.3 is 9.15 Å². The highest BCUT2D eigenvalue weighted by Gasteiger charge is 2.52. The molecule has 4 nitrogen and oxygen atoms in total. The molecule has 4 unspecified atom stereocenters. The smallest absolute Gasteiger partial charge is 0.241 e. The Morgan fingerprint density at radius 3 is 2.63 bits per heavy atom. The van der Waals surface area contributed by atoms with Crippen LogP contribution >= 0.6 is 0 Å². The molecule has 4 atom stereocenters. The van der Waals surface area contributed by atoms with E-state index in [0.717, 1.165) is 12.8 Å². The highest BCUT2D eigenvalue weighted by Crippen LogP contribution is 2.46. The maximum Gasteiger partial charge on any atom is 0.241 e. The van der Waals surface area contributed by atoms with Gasteiger partial charge in [-0.05, 0) is 50.3 Å². The van der Waals surface area contributed by atoms with Crippen molar-refractivity contribution in [1.82, 2.24) is 4.90 Å². The number of hydrogen-bond donors (Lipinski definition) is 0. The van der Waals surface area contributed by atoms with Crippen LogP contribution in [0, 0.1) is 11.8 Å². The van der Waals surface area contributed by atoms with Crippen LogP contribution in [0.1, 0.15) is 56.2 Å². The van der Waals surface area contributed by atoms with Crippen molar-refractivity contribution in [2.75, 3.05) is 0 Å². The molecule has 27 heavy (non-hydrogen) atoms. The maximum absolute atomic E-state index is 13.2. The monoisotopic (exact) mass is 367 g/mol. The summed E-state index contributed by atoms with van der Waals surface area (Å²) in [6.45, 7) is 7.51. The van der Waals surface area contributed by atoms with Crippen molar-refractivity contribution in [2.24, 2.45) is 11.8 Å². The number of nitrogens with zero attached hydrogens (tertiary/aromatic N) is 1. The van der Waals surface area contributed by atoms with Gasteiger partial charge in [-0.3, -0.25) is 9.69 Å². The van der Waals surface area contributed by atoms with Gasteiger partial charge in [0.15, 0.2) is 12.0 Å². The zero-order valence-electron chi connectivity index (χ0n) is 16.4. The van der Waals surface area contributed by atoms with Crippen LogP contribution < -0.4 is 0 Å². The number of fused-ring (bicyclic) bond motifs is 1. The molecule has 1 aromatic carbocycles. The van der Waals surface area contributed by atoms with Crippen LogP contribution in [0.25, 0.3) is 0 Å². The molecule has 144 valence electrons. The van der Waals surface area contributed by atoms with Gasteiger partial charge in [0.25, 0.3) is 0 Å². The van der Waals surface area contributed by atoms with Crippen LogP contribution in [-0.2, 0) is 11.3 Å². The second-order valence-corrected chi connectivity index (χ2v) is 8.66. The van der Waals surface area contributed by atoms with Gasteiger partial charge in [0, 0.05) is 18.0 Å². The largest absolute Gasteiger partial charge is 0.461 e. The maximum atomic E-state index is 13.2. The van der Waals surface area contributed by atoms with Gasteiger partial charge in [0.05, 0.1) is 12.4 Å². The number of carbonyl (C=O) groups excluding carboxylic acids is 1. The summed E-state index contributed by atoms with van der Waals surface area (Å²) in [5.41, 5.74) is 1.06. The molecule has 0 N–H and O–H groups in total. The second kappa shape index (κ2) is 7.25. The molecule has 1 aromatic heterocycles. The number of hydrogen-bond acceptors (Lipinski definition) is 4. The first-order valence-electron chi connectivity index (χ1n) is 10.0. The summed E-state index contributed by atoms with van der Waals surface area (Å²) >= 11 is 0. The van der Waals surface area contributed by atoms with Crippen LogP contribution in [0.2, 0.25) is 0 Å². The lowest BCUT2D eigenvalue weighted by molar-refractivity contribution is -0.217. The van der Waals surface area contributed by atoms with E-state index in [9.17, 15) is 4.79 Å². The number of rotatable bonds is 4. The molecule has 2 aromatic rings. The van der Waals surface area contributed by atoms with Crippen LogP contribution in [-0.4, -0.2) is 28.6 Å². The number of carbonyl (C=O) groups is 1. The van der Waals surface area contributed by atoms with E-state index in [0.29, 0.717) is 24.1 Å². The number of benzene rings is 1. The Labute approximate surface area is 161 Å². The van der Waals surface area contributed by atoms with Crippen molar-refractivity contribution in [3.8, 4) is 0 Å². The van der Waals surface area contributed by atoms with Gasteiger partial charge in [0.1, 0.15) is 0 Å². The van der Waals surface area contributed by atoms with E-state index in [1.54, 1.807) is 18.4 Å². The SMILES string of the molecule is CC1CCC2C(C1)OC(C(=O)c1ccco1)N(Cc1ccccc1)C2(C)C. The van der Waals surface area contributed by atoms with Crippen LogP contribution in [0.3, 0.4) is 0 Å². The molecule has 1 saturated carbocycles. The summed E-state index contributed by atoms with van der Waals surface area (Å²) in [5, 5.41) is 0. The van der Waals surface area contributed by atoms with E-state index < -0.39 is 6.23 Å². The number of Topliss-reactive ketones (excluding diaryl/α,β-unsaturated/α-hetero) is 1. The summed E-state index contributed by atoms with van der Waals surface area (Å²) in [6.07, 6.45) is 4.46. The summed E-state index contributed by atoms with van der Waals surface area (Å²) in [7, 11) is 0. The van der Waals surface area contributed by atoms with Crippen molar-refractivity contribution in [3.63, 3.8) is 0 Å². The normalized spacial score (nSPS) is 30.6. The third-order valence-corrected chi connectivity index (χ3v) is 6.47. The second-order valence-electron chi connectivity index (χ2n) is 8.66. The molecule has 2 heterocycles. The molecular weight excluding hydrogens is 338 g/mol. The van der Waals surface area contributed by atoms with Crippen molar-refractivity contribution in [1.29, 1.82) is 0 Å². The van der Waals surface area contributed by atoms with E-state index in [4.69, 9.17) is 9.15 Å². The molecule has 0 spiro atoms. The zero-order chi connectivity index (χ0) is 19.0. The minimum Gasteiger partial charge on any atom is -0.461 e. The average Bonchev–Trinajstić information content (AvgIpc) is 3.18. The molecule has 0 radical (unpaired) electrons. The fourth-order valence-corrected chi connectivity index (χ4v) is 4.85. The van der Waals surface area contributed by atoms with Crippen LogP contribution in [0.15, 0.2) is 53.1 Å². The molecule has 1 saturated heterocycles. The molecule has 1 aliphatic carbocycles. The zero-order valence-corrected chi connectivity index (χ0v) is 16.4. The fraction of sp³-hybridized carbons (Fsp3) is 0.522. The minimum atomic E-state index is -0.613. The van der Waals surface area contributed by atoms with Crippen molar-refractivity contribution < 1.29 is 13.9 Å². The summed E-state index contributed by atoms with van der Waals surface area (Å²) in [6, 6.07) is 13.8. The van der Waals surface area contributed by atoms with Crippen molar-refractivity contribution >= 4 is 5.78 Å². The predicted molar refractivity (Wildman–Crippen MR) is 104 cm³/mol. The number of ether oxygens (including phenoxy) is 1. The van der Waals surface area contributed by atoms with E-state index in [1.807, 2.05) is 18.2 Å². The van der Waals surface area contributed by atoms with E-state index in [-0.39, 0.29) is 17.4 Å². The Morgan fingerprint density at radius 1 is 1.15 bits per heavy atom. The van der Waals surface area contributed by atoms with E-state index in [2.05, 4.69) is 37.8 Å². The van der Waals surface area contributed by atoms with Crippen molar-refractivity contribution in [2.45, 2.75) is 64.4 Å². The third-order valence-electron chi connectivity index (χ3n) is 6.47. The van der Waals surface area contributed by atoms with E-state index >= 15 is 0 Å². The molecule has 4 heteroatoms. The van der Waals surface area contributed by atoms with E-state index in [1.165, 1.54) is 12.0 Å². The Hall–Kier alpha value is -1.91. The quantitative estimate of drug-likeness (QED) is 0.721. The first-order chi connectivity index (χ1) is 13.0. The highest BCUT2D eigenvalue weighted by molar-refractivity contribution is 5.96. The highest BCUT2D eigenvalue weighted by atomic mass is 16.5. The standard InChI is InChI=1S/C23H29NO3/c1-16-11-12-18-20(14-16)27-22(21(25)19-10-7-13-26-19)24(23(18,2)3)15-17-8-5-4-6-9-17/h4-10,13,16,18,20,22H,11-12,14-15H2,1-3H3. The molecule has 2 fully saturated rings. The lowest BCUT2D eigenvalue weighted by Gasteiger charge is -2.56. The Morgan fingerprint density at radius 2 is 1.93 bits per heavy atom. The Kier molecular flexibility index (Phi) is 4.95. The summed E-state index contributed by atoms with van der Waals surface area (Å²) in [4.78, 5) is 15.5. The molecule has 1 aliphatic heterocycles. The van der Waals surface area contributed by atoms with Crippen LogP contribution in [0.4, 0.5) is 0 Å². The Bertz CT molecular complexity index is 768. The molecule has 4 rings (SSSR count). The minimum absolute atomic E-state index is 0.0827. The van der Waals surface area contributed by atoms with Crippen LogP contribution in [0.5, 0.6) is 0 Å². The summed E-state index contributed by atoms with van der Waals surface area (Å²) < 4.78 is 11.9. The van der Waals surface area contributed by atoms with Crippen molar-refractivity contribution in [3.05, 3.63) is 60.1 Å². The van der Waals surface area contributed by atoms with Gasteiger partial charge in [-0.2, -0.15) is 0 Å². The first kappa shape index (κ1) is 18.5. The lowest BCUT2D eigenvalue weighted by atomic mass is 9.69. The molecule has 2 aliphatic rings. The molecule has 0 amide bonds. The summed E-state index contributed by atoms with van der Waals surface area (Å²) in [5.74, 6) is 1.36. The lowest BCUT2D eigenvalue weighted by Crippen LogP contribution is -2.66. The van der Waals surface area contributed by atoms with Gasteiger partial charge in [-0.15, -0.1) is 0 Å². The molecule has 0 bridgehead atoms. The fourth-order valence-electron chi connectivity index (χ4n) is 4.85. The van der Waals surface area contributed by atoms with Gasteiger partial charge >= 0.3 is 0 Å².